The van der Waals surface area contributed by atoms with Crippen molar-refractivity contribution in [3.8, 4) is 11.3 Å². The Bertz CT molecular complexity index is 674. The average Bonchev–Trinajstić information content (AvgIpc) is 2.96. The Hall–Kier alpha value is -1.79. The first-order valence-electron chi connectivity index (χ1n) is 5.72. The normalized spacial score (nSPS) is 11.2. The lowest BCUT2D eigenvalue weighted by molar-refractivity contribution is 0.275. The van der Waals surface area contributed by atoms with Gasteiger partial charge in [0, 0.05) is 18.0 Å². The Morgan fingerprint density at radius 1 is 1.33 bits per heavy atom. The predicted octanol–water partition coefficient (Wildman–Crippen LogP) is 1.91. The van der Waals surface area contributed by atoms with Crippen LogP contribution in [-0.2, 0) is 13.0 Å². The van der Waals surface area contributed by atoms with E-state index in [1.807, 2.05) is 12.1 Å². The highest BCUT2D eigenvalue weighted by Crippen LogP contribution is 2.26. The molecule has 0 aliphatic rings. The number of fused-ring (bicyclic) bond motifs is 1. The molecule has 0 aliphatic carbocycles. The van der Waals surface area contributed by atoms with Crippen molar-refractivity contribution in [1.82, 2.24) is 19.6 Å². The van der Waals surface area contributed by atoms with Crippen LogP contribution < -0.4 is 0 Å². The Kier molecular flexibility index (Phi) is 2.81. The maximum Gasteiger partial charge on any atom is 0.213 e. The van der Waals surface area contributed by atoms with Gasteiger partial charge in [0.1, 0.15) is 5.01 Å². The molecule has 0 radical (unpaired) electrons. The molecule has 0 fully saturated rings. The molecule has 0 aliphatic heterocycles. The summed E-state index contributed by atoms with van der Waals surface area (Å²) in [4.78, 5) is 9.36. The fraction of sp³-hybridized carbons (Fsp3) is 0.250. The summed E-state index contributed by atoms with van der Waals surface area (Å²) in [6, 6.07) is 3.76. The van der Waals surface area contributed by atoms with Gasteiger partial charge in [0.2, 0.25) is 4.96 Å². The predicted molar refractivity (Wildman–Crippen MR) is 69.4 cm³/mol. The van der Waals surface area contributed by atoms with Gasteiger partial charge in [0.15, 0.2) is 0 Å². The second-order valence-corrected chi connectivity index (χ2v) is 4.89. The van der Waals surface area contributed by atoms with Gasteiger partial charge < -0.3 is 5.11 Å². The third-order valence-electron chi connectivity index (χ3n) is 2.74. The van der Waals surface area contributed by atoms with Crippen LogP contribution in [0.25, 0.3) is 16.2 Å². The number of nitrogens with zero attached hydrogens (tertiary/aromatic N) is 4. The van der Waals surface area contributed by atoms with Crippen LogP contribution in [0.1, 0.15) is 17.6 Å². The summed E-state index contributed by atoms with van der Waals surface area (Å²) < 4.78 is 1.74. The molecule has 6 heteroatoms. The van der Waals surface area contributed by atoms with Gasteiger partial charge >= 0.3 is 0 Å². The summed E-state index contributed by atoms with van der Waals surface area (Å²) in [5, 5.41) is 15.0. The van der Waals surface area contributed by atoms with Crippen molar-refractivity contribution < 1.29 is 5.11 Å². The number of aryl methyl sites for hydroxylation is 1. The molecule has 0 bridgehead atoms. The summed E-state index contributed by atoms with van der Waals surface area (Å²) in [5.74, 6) is 0. The topological polar surface area (TPSA) is 63.3 Å². The highest BCUT2D eigenvalue weighted by atomic mass is 32.1. The molecule has 0 spiro atoms. The van der Waals surface area contributed by atoms with Gasteiger partial charge in [-0.1, -0.05) is 18.3 Å². The molecule has 5 nitrogen and oxygen atoms in total. The molecule has 3 aromatic rings. The van der Waals surface area contributed by atoms with E-state index in [1.165, 1.54) is 0 Å². The Balaban J connectivity index is 2.21. The van der Waals surface area contributed by atoms with Gasteiger partial charge in [-0.25, -0.2) is 9.50 Å². The van der Waals surface area contributed by atoms with Crippen LogP contribution in [0.2, 0.25) is 0 Å². The highest BCUT2D eigenvalue weighted by molar-refractivity contribution is 7.16. The highest BCUT2D eigenvalue weighted by Gasteiger charge is 2.16. The zero-order chi connectivity index (χ0) is 12.5. The minimum absolute atomic E-state index is 0.0777. The van der Waals surface area contributed by atoms with E-state index in [1.54, 1.807) is 28.2 Å². The molecule has 0 amide bonds. The van der Waals surface area contributed by atoms with E-state index in [-0.39, 0.29) is 6.61 Å². The fourth-order valence-electron chi connectivity index (χ4n) is 1.86. The summed E-state index contributed by atoms with van der Waals surface area (Å²) in [7, 11) is 0. The van der Waals surface area contributed by atoms with Crippen LogP contribution in [-0.4, -0.2) is 24.7 Å². The van der Waals surface area contributed by atoms with Crippen molar-refractivity contribution in [3.05, 3.63) is 35.2 Å². The van der Waals surface area contributed by atoms with E-state index in [2.05, 4.69) is 22.0 Å². The standard InChI is InChI=1S/C12H12N4OS/c1-2-10-15-16-9(7-17)11(14-12(16)18-10)8-3-5-13-6-4-8/h3-6,17H,2,7H2,1H3. The molecule has 0 aromatic carbocycles. The number of aromatic nitrogens is 4. The molecule has 3 aromatic heterocycles. The van der Waals surface area contributed by atoms with Gasteiger partial charge in [0.05, 0.1) is 18.0 Å². The minimum Gasteiger partial charge on any atom is -0.390 e. The zero-order valence-corrected chi connectivity index (χ0v) is 10.7. The quantitative estimate of drug-likeness (QED) is 0.781. The second kappa shape index (κ2) is 4.47. The summed E-state index contributed by atoms with van der Waals surface area (Å²) in [5.41, 5.74) is 2.46. The van der Waals surface area contributed by atoms with Crippen LogP contribution in [0, 0.1) is 0 Å². The van der Waals surface area contributed by atoms with Crippen molar-refractivity contribution in [2.45, 2.75) is 20.0 Å². The maximum atomic E-state index is 9.54. The number of imidazole rings is 1. The summed E-state index contributed by atoms with van der Waals surface area (Å²) in [6.07, 6.45) is 4.31. The van der Waals surface area contributed by atoms with Gasteiger partial charge in [-0.3, -0.25) is 4.98 Å². The molecule has 0 saturated heterocycles. The lowest BCUT2D eigenvalue weighted by Crippen LogP contribution is -1.96. The lowest BCUT2D eigenvalue weighted by atomic mass is 10.1. The first-order valence-corrected chi connectivity index (χ1v) is 6.53. The monoisotopic (exact) mass is 260 g/mol. The van der Waals surface area contributed by atoms with Crippen molar-refractivity contribution in [2.24, 2.45) is 0 Å². The van der Waals surface area contributed by atoms with Crippen LogP contribution >= 0.6 is 11.3 Å². The zero-order valence-electron chi connectivity index (χ0n) is 9.87. The van der Waals surface area contributed by atoms with Crippen LogP contribution in [0.5, 0.6) is 0 Å². The van der Waals surface area contributed by atoms with E-state index in [0.717, 1.165) is 33.3 Å². The SMILES string of the molecule is CCc1nn2c(CO)c(-c3ccncc3)nc2s1. The van der Waals surface area contributed by atoms with E-state index in [9.17, 15) is 5.11 Å². The molecule has 0 unspecified atom stereocenters. The number of rotatable bonds is 3. The van der Waals surface area contributed by atoms with Crippen molar-refractivity contribution in [1.29, 1.82) is 0 Å². The summed E-state index contributed by atoms with van der Waals surface area (Å²) >= 11 is 1.56. The number of pyridine rings is 1. The second-order valence-electron chi connectivity index (χ2n) is 3.84. The largest absolute Gasteiger partial charge is 0.390 e. The molecule has 0 atom stereocenters. The fourth-order valence-corrected chi connectivity index (χ4v) is 2.71. The molecule has 0 saturated carbocycles. The first-order chi connectivity index (χ1) is 8.83. The van der Waals surface area contributed by atoms with Gasteiger partial charge in [-0.05, 0) is 18.6 Å². The maximum absolute atomic E-state index is 9.54. The molecular weight excluding hydrogens is 248 g/mol. The molecule has 92 valence electrons. The van der Waals surface area contributed by atoms with Crippen LogP contribution in [0.3, 0.4) is 0 Å². The van der Waals surface area contributed by atoms with E-state index >= 15 is 0 Å². The number of aliphatic hydroxyl groups is 1. The Morgan fingerprint density at radius 3 is 2.78 bits per heavy atom. The van der Waals surface area contributed by atoms with Crippen LogP contribution in [0.4, 0.5) is 0 Å². The van der Waals surface area contributed by atoms with Crippen molar-refractivity contribution in [2.75, 3.05) is 0 Å². The number of hydrogen-bond acceptors (Lipinski definition) is 5. The molecule has 3 heterocycles. The van der Waals surface area contributed by atoms with E-state index in [4.69, 9.17) is 0 Å². The van der Waals surface area contributed by atoms with Crippen LogP contribution in [0.15, 0.2) is 24.5 Å². The number of hydrogen-bond donors (Lipinski definition) is 1. The van der Waals surface area contributed by atoms with Crippen molar-refractivity contribution >= 4 is 16.3 Å². The molecule has 1 N–H and O–H groups in total. The molecule has 3 rings (SSSR count). The number of aliphatic hydroxyl groups excluding tert-OH is 1. The first kappa shape index (κ1) is 11.3. The van der Waals surface area contributed by atoms with Gasteiger partial charge in [-0.2, -0.15) is 5.10 Å². The minimum atomic E-state index is -0.0777. The smallest absolute Gasteiger partial charge is 0.213 e. The molecular formula is C12H12N4OS. The third kappa shape index (κ3) is 1.70. The third-order valence-corrected chi connectivity index (χ3v) is 3.80. The summed E-state index contributed by atoms with van der Waals surface area (Å²) in [6.45, 7) is 1.98. The Labute approximate surface area is 108 Å². The van der Waals surface area contributed by atoms with Gasteiger partial charge in [-0.15, -0.1) is 0 Å². The van der Waals surface area contributed by atoms with Gasteiger partial charge in [0.25, 0.3) is 0 Å². The molecule has 18 heavy (non-hydrogen) atoms. The average molecular weight is 260 g/mol. The lowest BCUT2D eigenvalue weighted by Gasteiger charge is -1.99. The Morgan fingerprint density at radius 2 is 2.11 bits per heavy atom. The van der Waals surface area contributed by atoms with Crippen molar-refractivity contribution in [3.63, 3.8) is 0 Å². The van der Waals surface area contributed by atoms with E-state index < -0.39 is 0 Å². The van der Waals surface area contributed by atoms with E-state index in [0.29, 0.717) is 0 Å².